The van der Waals surface area contributed by atoms with E-state index in [9.17, 15) is 10.1 Å². The summed E-state index contributed by atoms with van der Waals surface area (Å²) in [6.45, 7) is 0. The van der Waals surface area contributed by atoms with E-state index in [1.54, 1.807) is 30.4 Å². The molecule has 25 heavy (non-hydrogen) atoms. The Kier molecular flexibility index (Phi) is 4.73. The zero-order valence-corrected chi connectivity index (χ0v) is 13.4. The fourth-order valence-corrected chi connectivity index (χ4v) is 2.63. The Morgan fingerprint density at radius 3 is 2.40 bits per heavy atom. The van der Waals surface area contributed by atoms with Gasteiger partial charge in [-0.25, -0.2) is 4.79 Å². The highest BCUT2D eigenvalue weighted by atomic mass is 16.4. The second kappa shape index (κ2) is 7.29. The summed E-state index contributed by atoms with van der Waals surface area (Å²) in [5.41, 5.74) is 4.37. The smallest absolute Gasteiger partial charge is 0.335 e. The van der Waals surface area contributed by atoms with Crippen LogP contribution in [0.4, 0.5) is 0 Å². The third-order valence-corrected chi connectivity index (χ3v) is 3.91. The fraction of sp³-hybridized carbons (Fsp3) is 0. The molecule has 2 aromatic rings. The number of carboxylic acid groups (broad SMARTS) is 1. The van der Waals surface area contributed by atoms with Crippen molar-refractivity contribution >= 4 is 11.5 Å². The number of aliphatic carboxylic acids is 1. The van der Waals surface area contributed by atoms with E-state index < -0.39 is 5.97 Å². The molecule has 0 saturated carbocycles. The molecule has 1 N–H and O–H groups in total. The van der Waals surface area contributed by atoms with E-state index >= 15 is 0 Å². The van der Waals surface area contributed by atoms with Gasteiger partial charge >= 0.3 is 5.97 Å². The highest BCUT2D eigenvalue weighted by molar-refractivity contribution is 5.92. The lowest BCUT2D eigenvalue weighted by molar-refractivity contribution is -0.132. The lowest BCUT2D eigenvalue weighted by Gasteiger charge is -2.09. The molecule has 2 aromatic carbocycles. The molecule has 0 saturated heterocycles. The van der Waals surface area contributed by atoms with Gasteiger partial charge < -0.3 is 5.11 Å². The molecule has 3 rings (SSSR count). The Bertz CT molecular complexity index is 971. The summed E-state index contributed by atoms with van der Waals surface area (Å²) >= 11 is 0. The minimum absolute atomic E-state index is 0.211. The first-order chi connectivity index (χ1) is 12.2. The molecule has 3 nitrogen and oxygen atoms in total. The molecule has 0 aromatic heterocycles. The van der Waals surface area contributed by atoms with Gasteiger partial charge in [-0.05, 0) is 40.5 Å². The molecular formula is C22H15NO2. The third-order valence-electron chi connectivity index (χ3n) is 3.91. The number of carbonyl (C=O) groups is 1. The van der Waals surface area contributed by atoms with E-state index in [1.165, 1.54) is 0 Å². The van der Waals surface area contributed by atoms with E-state index in [0.717, 1.165) is 22.3 Å². The van der Waals surface area contributed by atoms with Crippen LogP contribution in [0.2, 0.25) is 0 Å². The molecule has 0 unspecified atom stereocenters. The van der Waals surface area contributed by atoms with Crippen molar-refractivity contribution in [3.05, 3.63) is 102 Å². The van der Waals surface area contributed by atoms with Gasteiger partial charge in [-0.2, -0.15) is 5.26 Å². The number of allylic oxidation sites excluding steroid dienone is 6. The molecular weight excluding hydrogens is 310 g/mol. The molecule has 3 heteroatoms. The average molecular weight is 325 g/mol. The Morgan fingerprint density at radius 2 is 1.68 bits per heavy atom. The summed E-state index contributed by atoms with van der Waals surface area (Å²) in [7, 11) is 0. The third kappa shape index (κ3) is 3.65. The topological polar surface area (TPSA) is 61.1 Å². The van der Waals surface area contributed by atoms with Crippen LogP contribution in [0.25, 0.3) is 16.7 Å². The summed E-state index contributed by atoms with van der Waals surface area (Å²) in [6.07, 6.45) is 10.2. The Hall–Kier alpha value is -3.64. The lowest BCUT2D eigenvalue weighted by atomic mass is 9.94. The molecule has 1 aliphatic carbocycles. The van der Waals surface area contributed by atoms with Crippen molar-refractivity contribution < 1.29 is 9.90 Å². The van der Waals surface area contributed by atoms with Gasteiger partial charge in [0, 0.05) is 0 Å². The predicted octanol–water partition coefficient (Wildman–Crippen LogP) is 4.75. The summed E-state index contributed by atoms with van der Waals surface area (Å²) in [6, 6.07) is 17.7. The van der Waals surface area contributed by atoms with Crippen molar-refractivity contribution in [2.75, 3.05) is 0 Å². The van der Waals surface area contributed by atoms with Gasteiger partial charge in [0.1, 0.15) is 0 Å². The molecule has 0 aliphatic heterocycles. The lowest BCUT2D eigenvalue weighted by Crippen LogP contribution is -1.97. The van der Waals surface area contributed by atoms with Gasteiger partial charge in [-0.3, -0.25) is 0 Å². The summed E-state index contributed by atoms with van der Waals surface area (Å²) < 4.78 is 0. The second-order valence-corrected chi connectivity index (χ2v) is 5.51. The van der Waals surface area contributed by atoms with Gasteiger partial charge in [0.25, 0.3) is 0 Å². The molecule has 0 spiro atoms. The molecule has 0 atom stereocenters. The van der Waals surface area contributed by atoms with E-state index in [2.05, 4.69) is 6.07 Å². The quantitative estimate of drug-likeness (QED) is 0.886. The summed E-state index contributed by atoms with van der Waals surface area (Å²) in [4.78, 5) is 11.1. The van der Waals surface area contributed by atoms with Crippen LogP contribution in [0.5, 0.6) is 0 Å². The van der Waals surface area contributed by atoms with Gasteiger partial charge in [-0.15, -0.1) is 0 Å². The Morgan fingerprint density at radius 1 is 0.920 bits per heavy atom. The minimum atomic E-state index is -0.973. The van der Waals surface area contributed by atoms with Crippen molar-refractivity contribution in [2.45, 2.75) is 0 Å². The van der Waals surface area contributed by atoms with Gasteiger partial charge in [0.05, 0.1) is 17.2 Å². The van der Waals surface area contributed by atoms with Crippen molar-refractivity contribution in [2.24, 2.45) is 0 Å². The van der Waals surface area contributed by atoms with Crippen LogP contribution in [0.3, 0.4) is 0 Å². The maximum Gasteiger partial charge on any atom is 0.335 e. The van der Waals surface area contributed by atoms with Crippen LogP contribution in [0.1, 0.15) is 11.1 Å². The molecule has 0 fully saturated rings. The van der Waals surface area contributed by atoms with Crippen molar-refractivity contribution in [1.29, 1.82) is 5.26 Å². The zero-order valence-electron chi connectivity index (χ0n) is 13.4. The molecule has 1 aliphatic rings. The number of benzene rings is 2. The van der Waals surface area contributed by atoms with E-state index in [0.29, 0.717) is 5.56 Å². The summed E-state index contributed by atoms with van der Waals surface area (Å²) in [5.74, 6) is -0.973. The van der Waals surface area contributed by atoms with Crippen LogP contribution in [0, 0.1) is 11.3 Å². The Labute approximate surface area is 146 Å². The maximum atomic E-state index is 11.1. The molecule has 0 radical (unpaired) electrons. The summed E-state index contributed by atoms with van der Waals surface area (Å²) in [5, 5.41) is 18.7. The van der Waals surface area contributed by atoms with E-state index in [-0.39, 0.29) is 5.57 Å². The van der Waals surface area contributed by atoms with Gasteiger partial charge in [0.2, 0.25) is 0 Å². The van der Waals surface area contributed by atoms with E-state index in [4.69, 9.17) is 5.11 Å². The first kappa shape index (κ1) is 16.2. The SMILES string of the molecule is N#Cc1cc(C2=C/C=C\C=C(C(=O)O)/C=C\2)ccc1-c1ccccc1. The Balaban J connectivity index is 2.01. The number of carboxylic acids is 1. The highest BCUT2D eigenvalue weighted by Gasteiger charge is 2.09. The van der Waals surface area contributed by atoms with Crippen molar-refractivity contribution in [1.82, 2.24) is 0 Å². The molecule has 120 valence electrons. The second-order valence-electron chi connectivity index (χ2n) is 5.51. The van der Waals surface area contributed by atoms with Gasteiger partial charge in [0.15, 0.2) is 0 Å². The van der Waals surface area contributed by atoms with Crippen LogP contribution >= 0.6 is 0 Å². The van der Waals surface area contributed by atoms with Crippen LogP contribution in [-0.2, 0) is 4.79 Å². The number of nitrogens with zero attached hydrogens (tertiary/aromatic N) is 1. The van der Waals surface area contributed by atoms with Crippen LogP contribution in [0.15, 0.2) is 90.6 Å². The standard InChI is InChI=1S/C22H15NO2/c23-15-20-14-19(12-13-21(20)17-7-2-1-3-8-17)16-6-4-5-9-18(11-10-16)22(24)25/h1-14H,(H,24,25)/b5-4-,6-4?,9-5?,11-10-,16-6+,16-10?,18-9+,18-11?. The monoisotopic (exact) mass is 325 g/mol. The normalized spacial score (nSPS) is 20.0. The maximum absolute atomic E-state index is 11.1. The minimum Gasteiger partial charge on any atom is -0.478 e. The van der Waals surface area contributed by atoms with Crippen LogP contribution in [-0.4, -0.2) is 11.1 Å². The zero-order chi connectivity index (χ0) is 17.6. The van der Waals surface area contributed by atoms with Gasteiger partial charge in [-0.1, -0.05) is 66.8 Å². The molecule has 0 bridgehead atoms. The van der Waals surface area contributed by atoms with E-state index in [1.807, 2.05) is 54.6 Å². The number of hydrogen-bond donors (Lipinski definition) is 1. The molecule has 0 heterocycles. The van der Waals surface area contributed by atoms with Crippen LogP contribution < -0.4 is 0 Å². The van der Waals surface area contributed by atoms with Crippen molar-refractivity contribution in [3.63, 3.8) is 0 Å². The first-order valence-electron chi connectivity index (χ1n) is 7.79. The number of rotatable bonds is 3. The largest absolute Gasteiger partial charge is 0.478 e. The predicted molar refractivity (Wildman–Crippen MR) is 98.6 cm³/mol. The van der Waals surface area contributed by atoms with Crippen molar-refractivity contribution in [3.8, 4) is 17.2 Å². The highest BCUT2D eigenvalue weighted by Crippen LogP contribution is 2.27. The average Bonchev–Trinajstić information content (AvgIpc) is 2.61. The molecule has 0 amide bonds. The first-order valence-corrected chi connectivity index (χ1v) is 7.79. The number of nitriles is 1. The fourth-order valence-electron chi connectivity index (χ4n) is 2.63. The number of hydrogen-bond acceptors (Lipinski definition) is 2.